The molecule has 2 saturated heterocycles. The van der Waals surface area contributed by atoms with Crippen molar-refractivity contribution in [3.63, 3.8) is 0 Å². The third kappa shape index (κ3) is 3.92. The number of benzene rings is 1. The van der Waals surface area contributed by atoms with Crippen LogP contribution in [0.1, 0.15) is 30.7 Å². The molecule has 2 aliphatic heterocycles. The number of methoxy groups -OCH3 is 2. The fourth-order valence-electron chi connectivity index (χ4n) is 3.77. The van der Waals surface area contributed by atoms with Gasteiger partial charge in [0.15, 0.2) is 0 Å². The van der Waals surface area contributed by atoms with Crippen LogP contribution < -0.4 is 9.47 Å². The minimum absolute atomic E-state index is 0.0965. The Morgan fingerprint density at radius 3 is 2.48 bits per heavy atom. The maximum Gasteiger partial charge on any atom is 0.225 e. The number of amides is 1. The van der Waals surface area contributed by atoms with E-state index in [2.05, 4.69) is 0 Å². The smallest absolute Gasteiger partial charge is 0.225 e. The molecule has 0 radical (unpaired) electrons. The number of likely N-dealkylation sites (tertiary alicyclic amines) is 1. The molecule has 0 aliphatic carbocycles. The molecule has 1 aromatic carbocycles. The quantitative estimate of drug-likeness (QED) is 0.812. The highest BCUT2D eigenvalue weighted by atomic mass is 32.2. The summed E-state index contributed by atoms with van der Waals surface area (Å²) in [6, 6.07) is 5.73. The number of nitrogens with zero attached hydrogens (tertiary/aromatic N) is 1. The van der Waals surface area contributed by atoms with E-state index in [0.717, 1.165) is 23.5 Å². The van der Waals surface area contributed by atoms with Crippen molar-refractivity contribution in [1.29, 1.82) is 0 Å². The highest BCUT2D eigenvalue weighted by Crippen LogP contribution is 2.37. The van der Waals surface area contributed by atoms with Gasteiger partial charge in [0.2, 0.25) is 5.91 Å². The van der Waals surface area contributed by atoms with E-state index in [1.165, 1.54) is 0 Å². The molecule has 1 aromatic rings. The zero-order valence-electron chi connectivity index (χ0n) is 14.7. The zero-order chi connectivity index (χ0) is 18.0. The van der Waals surface area contributed by atoms with Crippen molar-refractivity contribution in [2.75, 3.05) is 38.8 Å². The molecule has 25 heavy (non-hydrogen) atoms. The molecule has 2 aliphatic rings. The first-order valence-electron chi connectivity index (χ1n) is 8.64. The van der Waals surface area contributed by atoms with Crippen LogP contribution in [0.15, 0.2) is 18.2 Å². The van der Waals surface area contributed by atoms with Crippen molar-refractivity contribution in [2.45, 2.75) is 25.2 Å². The first kappa shape index (κ1) is 18.0. The average molecular weight is 367 g/mol. The second-order valence-corrected chi connectivity index (χ2v) is 9.11. The fraction of sp³-hybridized carbons (Fsp3) is 0.611. The lowest BCUT2D eigenvalue weighted by Crippen LogP contribution is -2.38. The number of rotatable bonds is 4. The van der Waals surface area contributed by atoms with Gasteiger partial charge < -0.3 is 14.4 Å². The number of carbonyl (C=O) groups is 1. The monoisotopic (exact) mass is 367 g/mol. The third-order valence-corrected chi connectivity index (χ3v) is 7.00. The van der Waals surface area contributed by atoms with E-state index >= 15 is 0 Å². The number of carbonyl (C=O) groups excluding carboxylic acids is 1. The van der Waals surface area contributed by atoms with Crippen LogP contribution in [-0.4, -0.2) is 58.0 Å². The van der Waals surface area contributed by atoms with Gasteiger partial charge in [0.1, 0.15) is 21.3 Å². The van der Waals surface area contributed by atoms with Crippen LogP contribution in [0, 0.1) is 5.92 Å². The average Bonchev–Trinajstić information content (AvgIpc) is 3.10. The van der Waals surface area contributed by atoms with Crippen molar-refractivity contribution in [3.05, 3.63) is 23.8 Å². The summed E-state index contributed by atoms with van der Waals surface area (Å²) in [5.41, 5.74) is 1.06. The number of hydrogen-bond acceptors (Lipinski definition) is 5. The Kier molecular flexibility index (Phi) is 5.22. The molecule has 0 N–H and O–H groups in total. The van der Waals surface area contributed by atoms with Crippen molar-refractivity contribution >= 4 is 15.7 Å². The molecule has 0 unspecified atom stereocenters. The summed E-state index contributed by atoms with van der Waals surface area (Å²) in [5, 5.41) is 0. The van der Waals surface area contributed by atoms with Gasteiger partial charge in [-0.25, -0.2) is 8.42 Å². The molecular formula is C18H25NO5S. The third-order valence-electron chi connectivity index (χ3n) is 5.28. The van der Waals surface area contributed by atoms with Crippen LogP contribution in [0.3, 0.4) is 0 Å². The maximum atomic E-state index is 12.7. The van der Waals surface area contributed by atoms with Crippen molar-refractivity contribution in [3.8, 4) is 11.5 Å². The topological polar surface area (TPSA) is 72.9 Å². The van der Waals surface area contributed by atoms with Crippen molar-refractivity contribution < 1.29 is 22.7 Å². The predicted molar refractivity (Wildman–Crippen MR) is 94.9 cm³/mol. The van der Waals surface area contributed by atoms with E-state index in [9.17, 15) is 13.2 Å². The number of hydrogen-bond donors (Lipinski definition) is 0. The van der Waals surface area contributed by atoms with Gasteiger partial charge in [0.05, 0.1) is 25.7 Å². The molecule has 0 bridgehead atoms. The van der Waals surface area contributed by atoms with E-state index in [1.807, 2.05) is 23.1 Å². The molecule has 0 saturated carbocycles. The Bertz CT molecular complexity index is 732. The van der Waals surface area contributed by atoms with Crippen LogP contribution in [0.5, 0.6) is 11.5 Å². The summed E-state index contributed by atoms with van der Waals surface area (Å²) < 4.78 is 33.9. The minimum atomic E-state index is -2.94. The molecule has 138 valence electrons. The number of sulfone groups is 1. The Morgan fingerprint density at radius 2 is 1.84 bits per heavy atom. The van der Waals surface area contributed by atoms with Gasteiger partial charge >= 0.3 is 0 Å². The Morgan fingerprint density at radius 1 is 1.12 bits per heavy atom. The van der Waals surface area contributed by atoms with Gasteiger partial charge in [-0.05, 0) is 37.5 Å². The summed E-state index contributed by atoms with van der Waals surface area (Å²) in [5.74, 6) is 1.99. The summed E-state index contributed by atoms with van der Waals surface area (Å²) in [7, 11) is 0.332. The van der Waals surface area contributed by atoms with Crippen molar-refractivity contribution in [1.82, 2.24) is 4.90 Å². The van der Waals surface area contributed by atoms with Gasteiger partial charge in [0, 0.05) is 30.5 Å². The van der Waals surface area contributed by atoms with Gasteiger partial charge in [0.25, 0.3) is 0 Å². The maximum absolute atomic E-state index is 12.7. The van der Waals surface area contributed by atoms with Gasteiger partial charge in [-0.1, -0.05) is 0 Å². The summed E-state index contributed by atoms with van der Waals surface area (Å²) in [6.07, 6.45) is 1.77. The standard InChI is InChI=1S/C18H25NO5S/c1-23-15-3-4-17(24-2)16(11-15)14-5-8-19(12-14)18(20)13-6-9-25(21,22)10-7-13/h3-4,11,13-14H,5-10,12H2,1-2H3/t14-/m0/s1. The molecule has 0 aromatic heterocycles. The molecule has 1 amide bonds. The minimum Gasteiger partial charge on any atom is -0.497 e. The van der Waals surface area contributed by atoms with E-state index in [-0.39, 0.29) is 29.2 Å². The summed E-state index contributed by atoms with van der Waals surface area (Å²) in [6.45, 7) is 1.35. The largest absolute Gasteiger partial charge is 0.497 e. The lowest BCUT2D eigenvalue weighted by atomic mass is 9.97. The molecule has 2 fully saturated rings. The fourth-order valence-corrected chi connectivity index (χ4v) is 5.26. The summed E-state index contributed by atoms with van der Waals surface area (Å²) in [4.78, 5) is 14.6. The van der Waals surface area contributed by atoms with E-state index < -0.39 is 9.84 Å². The first-order valence-corrected chi connectivity index (χ1v) is 10.5. The molecule has 3 rings (SSSR count). The Labute approximate surface area is 149 Å². The highest BCUT2D eigenvalue weighted by molar-refractivity contribution is 7.91. The van der Waals surface area contributed by atoms with Gasteiger partial charge in [-0.15, -0.1) is 0 Å². The second-order valence-electron chi connectivity index (χ2n) is 6.80. The Balaban J connectivity index is 1.68. The van der Waals surface area contributed by atoms with E-state index in [4.69, 9.17) is 9.47 Å². The second kappa shape index (κ2) is 7.23. The van der Waals surface area contributed by atoms with Gasteiger partial charge in [-0.3, -0.25) is 4.79 Å². The number of ether oxygens (including phenoxy) is 2. The summed E-state index contributed by atoms with van der Waals surface area (Å²) >= 11 is 0. The molecule has 0 spiro atoms. The lowest BCUT2D eigenvalue weighted by molar-refractivity contribution is -0.134. The first-order chi connectivity index (χ1) is 11.9. The van der Waals surface area contributed by atoms with Crippen LogP contribution in [-0.2, 0) is 14.6 Å². The zero-order valence-corrected chi connectivity index (χ0v) is 15.5. The van der Waals surface area contributed by atoms with E-state index in [0.29, 0.717) is 25.9 Å². The van der Waals surface area contributed by atoms with Gasteiger partial charge in [-0.2, -0.15) is 0 Å². The normalized spacial score (nSPS) is 23.4. The molecule has 1 atom stereocenters. The van der Waals surface area contributed by atoms with E-state index in [1.54, 1.807) is 14.2 Å². The van der Waals surface area contributed by atoms with Crippen LogP contribution in [0.4, 0.5) is 0 Å². The lowest BCUT2D eigenvalue weighted by Gasteiger charge is -2.26. The Hall–Kier alpha value is -1.76. The molecule has 2 heterocycles. The SMILES string of the molecule is COc1ccc(OC)c([C@H]2CCN(C(=O)C3CCS(=O)(=O)CC3)C2)c1. The molecular weight excluding hydrogens is 342 g/mol. The van der Waals surface area contributed by atoms with Crippen LogP contribution >= 0.6 is 0 Å². The molecule has 6 nitrogen and oxygen atoms in total. The molecule has 7 heteroatoms. The van der Waals surface area contributed by atoms with Crippen LogP contribution in [0.2, 0.25) is 0 Å². The van der Waals surface area contributed by atoms with Crippen molar-refractivity contribution in [2.24, 2.45) is 5.92 Å². The highest BCUT2D eigenvalue weighted by Gasteiger charge is 2.35. The van der Waals surface area contributed by atoms with Crippen LogP contribution in [0.25, 0.3) is 0 Å². The predicted octanol–water partition coefficient (Wildman–Crippen LogP) is 1.84.